The first kappa shape index (κ1) is 16.5. The van der Waals surface area contributed by atoms with E-state index in [1.807, 2.05) is 0 Å². The Morgan fingerprint density at radius 3 is 2.91 bits per heavy atom. The fourth-order valence-electron chi connectivity index (χ4n) is 3.63. The number of carbonyl (C=O) groups is 1. The predicted octanol–water partition coefficient (Wildman–Crippen LogP) is 2.46. The van der Waals surface area contributed by atoms with Crippen LogP contribution in [0.4, 0.5) is 0 Å². The number of aryl methyl sites for hydroxylation is 2. The topological polar surface area (TPSA) is 41.6 Å². The maximum Gasteiger partial charge on any atom is 0.234 e. The van der Waals surface area contributed by atoms with Gasteiger partial charge in [0, 0.05) is 13.1 Å². The summed E-state index contributed by atoms with van der Waals surface area (Å²) in [5.74, 6) is 0.101. The van der Waals surface area contributed by atoms with Crippen molar-refractivity contribution in [3.05, 3.63) is 34.9 Å². The second-order valence-corrected chi connectivity index (χ2v) is 6.94. The first-order valence-electron chi connectivity index (χ1n) is 8.87. The van der Waals surface area contributed by atoms with Crippen LogP contribution in [0.15, 0.2) is 18.2 Å². The predicted molar refractivity (Wildman–Crippen MR) is 91.5 cm³/mol. The number of benzene rings is 1. The van der Waals surface area contributed by atoms with E-state index in [2.05, 4.69) is 42.3 Å². The smallest absolute Gasteiger partial charge is 0.234 e. The van der Waals surface area contributed by atoms with Crippen molar-refractivity contribution in [2.75, 3.05) is 26.2 Å². The fourth-order valence-corrected chi connectivity index (χ4v) is 3.63. The van der Waals surface area contributed by atoms with Crippen molar-refractivity contribution < 1.29 is 9.53 Å². The van der Waals surface area contributed by atoms with Crippen LogP contribution in [0.2, 0.25) is 0 Å². The van der Waals surface area contributed by atoms with E-state index in [-0.39, 0.29) is 18.1 Å². The molecule has 1 fully saturated rings. The number of hydrogen-bond acceptors (Lipinski definition) is 3. The Labute approximate surface area is 139 Å². The van der Waals surface area contributed by atoms with Crippen molar-refractivity contribution in [3.8, 4) is 0 Å². The van der Waals surface area contributed by atoms with Gasteiger partial charge in [0.25, 0.3) is 0 Å². The van der Waals surface area contributed by atoms with Crippen molar-refractivity contribution >= 4 is 5.91 Å². The van der Waals surface area contributed by atoms with Crippen LogP contribution in [-0.4, -0.2) is 43.2 Å². The highest BCUT2D eigenvalue weighted by Crippen LogP contribution is 2.24. The zero-order valence-corrected chi connectivity index (χ0v) is 14.3. The zero-order chi connectivity index (χ0) is 16.2. The second-order valence-electron chi connectivity index (χ2n) is 6.94. The molecule has 1 aliphatic heterocycles. The Kier molecular flexibility index (Phi) is 5.34. The van der Waals surface area contributed by atoms with Gasteiger partial charge in [-0.2, -0.15) is 0 Å². The maximum absolute atomic E-state index is 12.3. The molecule has 1 N–H and O–H groups in total. The highest BCUT2D eigenvalue weighted by Gasteiger charge is 2.20. The van der Waals surface area contributed by atoms with E-state index in [1.54, 1.807) is 0 Å². The molecule has 4 nitrogen and oxygen atoms in total. The third kappa shape index (κ3) is 4.33. The maximum atomic E-state index is 12.3. The minimum Gasteiger partial charge on any atom is -0.376 e. The van der Waals surface area contributed by atoms with Crippen LogP contribution in [0.25, 0.3) is 0 Å². The van der Waals surface area contributed by atoms with Gasteiger partial charge in [0.15, 0.2) is 0 Å². The molecule has 1 heterocycles. The molecule has 3 rings (SSSR count). The molecule has 0 radical (unpaired) electrons. The third-order valence-electron chi connectivity index (χ3n) is 4.94. The molecule has 126 valence electrons. The minimum absolute atomic E-state index is 0.0631. The normalized spacial score (nSPS) is 23.1. The number of nitrogens with zero attached hydrogens (tertiary/aromatic N) is 1. The lowest BCUT2D eigenvalue weighted by Gasteiger charge is -2.30. The molecule has 0 bridgehead atoms. The summed E-state index contributed by atoms with van der Waals surface area (Å²) in [6.07, 6.45) is 5.18. The summed E-state index contributed by atoms with van der Waals surface area (Å²) < 4.78 is 5.52. The molecule has 0 saturated carbocycles. The standard InChI is InChI=1S/C19H28N2O2/c1-14-12-21(9-10-23-14)13-19(22)20-15(2)17-8-7-16-5-3-4-6-18(16)11-17/h7-8,11,14-15H,3-6,9-10,12-13H2,1-2H3,(H,20,22)/t14-,15+/m1/s1. The molecule has 2 aliphatic rings. The summed E-state index contributed by atoms with van der Waals surface area (Å²) in [6, 6.07) is 6.77. The van der Waals surface area contributed by atoms with Gasteiger partial charge in [-0.15, -0.1) is 0 Å². The highest BCUT2D eigenvalue weighted by atomic mass is 16.5. The molecule has 1 aromatic carbocycles. The number of carbonyl (C=O) groups excluding carboxylic acids is 1. The first-order valence-corrected chi connectivity index (χ1v) is 8.87. The summed E-state index contributed by atoms with van der Waals surface area (Å²) in [5.41, 5.74) is 4.17. The van der Waals surface area contributed by atoms with E-state index >= 15 is 0 Å². The molecule has 1 amide bonds. The van der Waals surface area contributed by atoms with E-state index in [0.717, 1.165) is 19.7 Å². The van der Waals surface area contributed by atoms with E-state index in [9.17, 15) is 4.79 Å². The van der Waals surface area contributed by atoms with Crippen molar-refractivity contribution in [1.82, 2.24) is 10.2 Å². The molecule has 0 unspecified atom stereocenters. The van der Waals surface area contributed by atoms with Crippen LogP contribution in [0, 0.1) is 0 Å². The van der Waals surface area contributed by atoms with Crippen LogP contribution in [0.3, 0.4) is 0 Å². The van der Waals surface area contributed by atoms with Crippen LogP contribution >= 0.6 is 0 Å². The summed E-state index contributed by atoms with van der Waals surface area (Å²) in [7, 11) is 0. The van der Waals surface area contributed by atoms with Gasteiger partial charge < -0.3 is 10.1 Å². The van der Waals surface area contributed by atoms with Gasteiger partial charge in [-0.3, -0.25) is 9.69 Å². The quantitative estimate of drug-likeness (QED) is 0.928. The zero-order valence-electron chi connectivity index (χ0n) is 14.3. The van der Waals surface area contributed by atoms with Crippen molar-refractivity contribution in [1.29, 1.82) is 0 Å². The molecular weight excluding hydrogens is 288 g/mol. The molecule has 2 atom stereocenters. The van der Waals surface area contributed by atoms with E-state index < -0.39 is 0 Å². The lowest BCUT2D eigenvalue weighted by atomic mass is 9.89. The minimum atomic E-state index is 0.0631. The number of rotatable bonds is 4. The molecule has 0 spiro atoms. The number of morpholine rings is 1. The molecular formula is C19H28N2O2. The summed E-state index contributed by atoms with van der Waals surface area (Å²) in [4.78, 5) is 14.5. The summed E-state index contributed by atoms with van der Waals surface area (Å²) in [5, 5.41) is 3.14. The third-order valence-corrected chi connectivity index (χ3v) is 4.94. The Morgan fingerprint density at radius 2 is 2.13 bits per heavy atom. The number of nitrogens with one attached hydrogen (secondary N) is 1. The van der Waals surface area contributed by atoms with Gasteiger partial charge in [0.1, 0.15) is 0 Å². The first-order chi connectivity index (χ1) is 11.1. The molecule has 0 aromatic heterocycles. The van der Waals surface area contributed by atoms with Gasteiger partial charge in [0.05, 0.1) is 25.3 Å². The highest BCUT2D eigenvalue weighted by molar-refractivity contribution is 5.78. The summed E-state index contributed by atoms with van der Waals surface area (Å²) >= 11 is 0. The van der Waals surface area contributed by atoms with Crippen LogP contribution in [-0.2, 0) is 22.4 Å². The van der Waals surface area contributed by atoms with Gasteiger partial charge in [0.2, 0.25) is 5.91 Å². The van der Waals surface area contributed by atoms with Crippen molar-refractivity contribution in [2.45, 2.75) is 51.7 Å². The summed E-state index contributed by atoms with van der Waals surface area (Å²) in [6.45, 7) is 6.98. The Balaban J connectivity index is 1.55. The lowest BCUT2D eigenvalue weighted by molar-refractivity contribution is -0.124. The second kappa shape index (κ2) is 7.45. The molecule has 4 heteroatoms. The Morgan fingerprint density at radius 1 is 1.35 bits per heavy atom. The monoisotopic (exact) mass is 316 g/mol. The molecule has 1 aliphatic carbocycles. The average Bonchev–Trinajstić information content (AvgIpc) is 2.54. The fraction of sp³-hybridized carbons (Fsp3) is 0.632. The van der Waals surface area contributed by atoms with Crippen LogP contribution < -0.4 is 5.32 Å². The van der Waals surface area contributed by atoms with E-state index in [0.29, 0.717) is 6.54 Å². The SMILES string of the molecule is C[C@@H]1CN(CC(=O)N[C@@H](C)c2ccc3c(c2)CCCC3)CCO1. The van der Waals surface area contributed by atoms with Gasteiger partial charge in [-0.25, -0.2) is 0 Å². The van der Waals surface area contributed by atoms with Crippen molar-refractivity contribution in [2.24, 2.45) is 0 Å². The van der Waals surface area contributed by atoms with Crippen LogP contribution in [0.5, 0.6) is 0 Å². The van der Waals surface area contributed by atoms with E-state index in [1.165, 1.54) is 42.4 Å². The number of fused-ring (bicyclic) bond motifs is 1. The number of hydrogen-bond donors (Lipinski definition) is 1. The van der Waals surface area contributed by atoms with Gasteiger partial charge in [-0.1, -0.05) is 18.2 Å². The Bertz CT molecular complexity index is 558. The van der Waals surface area contributed by atoms with Gasteiger partial charge >= 0.3 is 0 Å². The van der Waals surface area contributed by atoms with Gasteiger partial charge in [-0.05, 0) is 56.2 Å². The van der Waals surface area contributed by atoms with Crippen LogP contribution in [0.1, 0.15) is 49.4 Å². The average molecular weight is 316 g/mol. The largest absolute Gasteiger partial charge is 0.376 e. The van der Waals surface area contributed by atoms with E-state index in [4.69, 9.17) is 4.74 Å². The van der Waals surface area contributed by atoms with Crippen molar-refractivity contribution in [3.63, 3.8) is 0 Å². The number of ether oxygens (including phenoxy) is 1. The lowest BCUT2D eigenvalue weighted by Crippen LogP contribution is -2.46. The Hall–Kier alpha value is -1.39. The molecule has 1 saturated heterocycles. The molecule has 23 heavy (non-hydrogen) atoms. The number of amides is 1. The molecule has 1 aromatic rings.